The molecule has 2 rings (SSSR count). The molecule has 0 aliphatic heterocycles. The van der Waals surface area contributed by atoms with E-state index in [1.807, 2.05) is 11.3 Å². The lowest BCUT2D eigenvalue weighted by Crippen LogP contribution is -1.86. The summed E-state index contributed by atoms with van der Waals surface area (Å²) in [6, 6.07) is 8.65. The highest BCUT2D eigenvalue weighted by atomic mass is 32.1. The summed E-state index contributed by atoms with van der Waals surface area (Å²) in [6.07, 6.45) is 1.23. The summed E-state index contributed by atoms with van der Waals surface area (Å²) in [7, 11) is 0. The van der Waals surface area contributed by atoms with Crippen molar-refractivity contribution in [2.45, 2.75) is 26.2 Å². The number of benzene rings is 1. The molecule has 0 aliphatic carbocycles. The third-order valence-electron chi connectivity index (χ3n) is 2.60. The van der Waals surface area contributed by atoms with E-state index in [0.29, 0.717) is 5.92 Å². The van der Waals surface area contributed by atoms with Gasteiger partial charge in [0, 0.05) is 4.88 Å². The molecule has 13 heavy (non-hydrogen) atoms. The van der Waals surface area contributed by atoms with Gasteiger partial charge in [-0.1, -0.05) is 38.1 Å². The average Bonchev–Trinajstić information content (AvgIpc) is 2.60. The lowest BCUT2D eigenvalue weighted by atomic mass is 10.0. The predicted octanol–water partition coefficient (Wildman–Crippen LogP) is 4.41. The largest absolute Gasteiger partial charge is 0.147 e. The minimum absolute atomic E-state index is 0.699. The molecule has 0 fully saturated rings. The second-order valence-corrected chi connectivity index (χ2v) is 4.41. The van der Waals surface area contributed by atoms with Gasteiger partial charge in [0.15, 0.2) is 0 Å². The van der Waals surface area contributed by atoms with E-state index in [9.17, 15) is 0 Å². The molecule has 1 heterocycles. The first-order valence-electron chi connectivity index (χ1n) is 4.79. The van der Waals surface area contributed by atoms with Crippen LogP contribution in [0.15, 0.2) is 29.6 Å². The van der Waals surface area contributed by atoms with Crippen LogP contribution in [0.2, 0.25) is 0 Å². The first kappa shape index (κ1) is 8.76. The summed E-state index contributed by atoms with van der Waals surface area (Å²) in [4.78, 5) is 1.54. The van der Waals surface area contributed by atoms with Gasteiger partial charge in [0.1, 0.15) is 0 Å². The third-order valence-corrected chi connectivity index (χ3v) is 3.85. The smallest absolute Gasteiger partial charge is 0.0152 e. The molecule has 1 heteroatoms. The van der Waals surface area contributed by atoms with Gasteiger partial charge in [-0.15, -0.1) is 11.3 Å². The minimum Gasteiger partial charge on any atom is -0.147 e. The molecule has 0 saturated heterocycles. The van der Waals surface area contributed by atoms with Gasteiger partial charge < -0.3 is 0 Å². The van der Waals surface area contributed by atoms with Gasteiger partial charge in [-0.25, -0.2) is 0 Å². The van der Waals surface area contributed by atoms with E-state index in [-0.39, 0.29) is 0 Å². The van der Waals surface area contributed by atoms with Gasteiger partial charge in [-0.2, -0.15) is 0 Å². The zero-order valence-electron chi connectivity index (χ0n) is 8.08. The SMILES string of the molecule is CCC(C)c1scc2ccccc12. The van der Waals surface area contributed by atoms with Gasteiger partial charge in [0.2, 0.25) is 0 Å². The molecule has 1 aromatic heterocycles. The maximum absolute atomic E-state index is 2.30. The van der Waals surface area contributed by atoms with Crippen LogP contribution in [0.25, 0.3) is 10.8 Å². The van der Waals surface area contributed by atoms with E-state index in [1.165, 1.54) is 22.1 Å². The highest BCUT2D eigenvalue weighted by Gasteiger charge is 2.08. The van der Waals surface area contributed by atoms with Crippen molar-refractivity contribution in [2.75, 3.05) is 0 Å². The Labute approximate surface area is 83.2 Å². The van der Waals surface area contributed by atoms with Gasteiger partial charge in [-0.3, -0.25) is 0 Å². The fourth-order valence-electron chi connectivity index (χ4n) is 1.58. The molecule has 0 spiro atoms. The number of fused-ring (bicyclic) bond motifs is 1. The first-order valence-corrected chi connectivity index (χ1v) is 5.67. The predicted molar refractivity (Wildman–Crippen MR) is 60.5 cm³/mol. The molecule has 1 aromatic carbocycles. The number of hydrogen-bond donors (Lipinski definition) is 0. The fourth-order valence-corrected chi connectivity index (χ4v) is 2.75. The van der Waals surface area contributed by atoms with Crippen LogP contribution in [0.3, 0.4) is 0 Å². The molecule has 0 saturated carbocycles. The molecule has 0 aliphatic rings. The Morgan fingerprint density at radius 3 is 2.85 bits per heavy atom. The van der Waals surface area contributed by atoms with Crippen molar-refractivity contribution < 1.29 is 0 Å². The van der Waals surface area contributed by atoms with E-state index in [2.05, 4.69) is 43.5 Å². The van der Waals surface area contributed by atoms with Crippen LogP contribution in [-0.2, 0) is 0 Å². The highest BCUT2D eigenvalue weighted by molar-refractivity contribution is 7.11. The summed E-state index contributed by atoms with van der Waals surface area (Å²) >= 11 is 1.90. The van der Waals surface area contributed by atoms with Crippen LogP contribution >= 0.6 is 11.3 Å². The molecule has 2 aromatic rings. The Hall–Kier alpha value is -0.820. The summed E-state index contributed by atoms with van der Waals surface area (Å²) in [5.74, 6) is 0.699. The molecular formula is C12H14S. The highest BCUT2D eigenvalue weighted by Crippen LogP contribution is 2.32. The second-order valence-electron chi connectivity index (χ2n) is 3.50. The number of thiophene rings is 1. The van der Waals surface area contributed by atoms with Gasteiger partial charge >= 0.3 is 0 Å². The summed E-state index contributed by atoms with van der Waals surface area (Å²) in [5, 5.41) is 5.10. The van der Waals surface area contributed by atoms with Crippen LogP contribution in [-0.4, -0.2) is 0 Å². The quantitative estimate of drug-likeness (QED) is 0.657. The van der Waals surface area contributed by atoms with Gasteiger partial charge in [0.25, 0.3) is 0 Å². The number of hydrogen-bond acceptors (Lipinski definition) is 1. The molecule has 1 atom stereocenters. The molecule has 1 unspecified atom stereocenters. The third kappa shape index (κ3) is 1.49. The van der Waals surface area contributed by atoms with Crippen LogP contribution in [0.5, 0.6) is 0 Å². The van der Waals surface area contributed by atoms with Crippen molar-refractivity contribution >= 4 is 22.1 Å². The van der Waals surface area contributed by atoms with Crippen molar-refractivity contribution in [1.29, 1.82) is 0 Å². The van der Waals surface area contributed by atoms with Crippen molar-refractivity contribution in [2.24, 2.45) is 0 Å². The van der Waals surface area contributed by atoms with Gasteiger partial charge in [-0.05, 0) is 28.5 Å². The van der Waals surface area contributed by atoms with E-state index >= 15 is 0 Å². The molecule has 0 radical (unpaired) electrons. The summed E-state index contributed by atoms with van der Waals surface area (Å²) in [5.41, 5.74) is 0. The summed E-state index contributed by atoms with van der Waals surface area (Å²) in [6.45, 7) is 4.55. The molecule has 0 nitrogen and oxygen atoms in total. The minimum atomic E-state index is 0.699. The lowest BCUT2D eigenvalue weighted by Gasteiger charge is -2.05. The van der Waals surface area contributed by atoms with Crippen molar-refractivity contribution in [3.05, 3.63) is 34.5 Å². The van der Waals surface area contributed by atoms with Crippen LogP contribution < -0.4 is 0 Å². The Morgan fingerprint density at radius 1 is 1.31 bits per heavy atom. The fraction of sp³-hybridized carbons (Fsp3) is 0.333. The summed E-state index contributed by atoms with van der Waals surface area (Å²) < 4.78 is 0. The first-order chi connectivity index (χ1) is 6.33. The standard InChI is InChI=1S/C12H14S/c1-3-9(2)12-11-7-5-4-6-10(11)8-13-12/h4-9H,3H2,1-2H3. The Morgan fingerprint density at radius 2 is 2.08 bits per heavy atom. The van der Waals surface area contributed by atoms with E-state index in [4.69, 9.17) is 0 Å². The van der Waals surface area contributed by atoms with Crippen molar-refractivity contribution in [1.82, 2.24) is 0 Å². The molecule has 68 valence electrons. The average molecular weight is 190 g/mol. The Bertz CT molecular complexity index is 400. The van der Waals surface area contributed by atoms with Crippen molar-refractivity contribution in [3.8, 4) is 0 Å². The molecule has 0 N–H and O–H groups in total. The lowest BCUT2D eigenvalue weighted by molar-refractivity contribution is 0.753. The molecular weight excluding hydrogens is 176 g/mol. The topological polar surface area (TPSA) is 0 Å². The van der Waals surface area contributed by atoms with Crippen LogP contribution in [0, 0.1) is 0 Å². The maximum atomic E-state index is 2.30. The van der Waals surface area contributed by atoms with Crippen molar-refractivity contribution in [3.63, 3.8) is 0 Å². The molecule has 0 bridgehead atoms. The zero-order chi connectivity index (χ0) is 9.26. The monoisotopic (exact) mass is 190 g/mol. The van der Waals surface area contributed by atoms with E-state index < -0.39 is 0 Å². The van der Waals surface area contributed by atoms with Crippen LogP contribution in [0.4, 0.5) is 0 Å². The van der Waals surface area contributed by atoms with E-state index in [0.717, 1.165) is 0 Å². The maximum Gasteiger partial charge on any atom is 0.0152 e. The Kier molecular flexibility index (Phi) is 2.36. The van der Waals surface area contributed by atoms with Gasteiger partial charge in [0.05, 0.1) is 0 Å². The molecule has 0 amide bonds. The van der Waals surface area contributed by atoms with E-state index in [1.54, 1.807) is 0 Å². The second kappa shape index (κ2) is 3.51. The number of rotatable bonds is 2. The normalized spacial score (nSPS) is 13.4. The van der Waals surface area contributed by atoms with Crippen LogP contribution in [0.1, 0.15) is 31.1 Å². The Balaban J connectivity index is 2.57. The zero-order valence-corrected chi connectivity index (χ0v) is 8.90.